The molecule has 1 aromatic rings. The summed E-state index contributed by atoms with van der Waals surface area (Å²) in [4.78, 5) is 6.91. The molecule has 0 saturated carbocycles. The first-order valence-corrected chi connectivity index (χ1v) is 5.50. The van der Waals surface area contributed by atoms with E-state index < -0.39 is 0 Å². The molecule has 14 heavy (non-hydrogen) atoms. The van der Waals surface area contributed by atoms with Gasteiger partial charge in [-0.05, 0) is 0 Å². The average Bonchev–Trinajstić information content (AvgIpc) is 2.52. The van der Waals surface area contributed by atoms with Crippen molar-refractivity contribution < 1.29 is 10.2 Å². The van der Waals surface area contributed by atoms with E-state index in [9.17, 15) is 0 Å². The molecule has 0 aliphatic heterocycles. The number of nitrogens with zero attached hydrogens (tertiary/aromatic N) is 2. The predicted molar refractivity (Wildman–Crippen MR) is 56.6 cm³/mol. The number of aliphatic hydroxyl groups is 2. The molecule has 0 fully saturated rings. The third-order valence-electron chi connectivity index (χ3n) is 1.74. The van der Waals surface area contributed by atoms with Gasteiger partial charge in [0, 0.05) is 30.7 Å². The lowest BCUT2D eigenvalue weighted by molar-refractivity contribution is 0.157. The second kappa shape index (κ2) is 6.31. The number of aliphatic hydroxyl groups excluding tert-OH is 2. The van der Waals surface area contributed by atoms with Crippen LogP contribution >= 0.6 is 22.9 Å². The van der Waals surface area contributed by atoms with Crippen LogP contribution in [-0.2, 0) is 6.54 Å². The van der Waals surface area contributed by atoms with E-state index in [1.807, 2.05) is 4.90 Å². The standard InChI is InChI=1S/C8H13ClN2O2S/c9-8-10-5-7(14-8)6-11(1-3-12)2-4-13/h5,12-13H,1-4,6H2. The largest absolute Gasteiger partial charge is 0.395 e. The van der Waals surface area contributed by atoms with Crippen molar-refractivity contribution in [1.82, 2.24) is 9.88 Å². The van der Waals surface area contributed by atoms with Gasteiger partial charge in [-0.15, -0.1) is 11.3 Å². The fraction of sp³-hybridized carbons (Fsp3) is 0.625. The molecule has 4 nitrogen and oxygen atoms in total. The highest BCUT2D eigenvalue weighted by Crippen LogP contribution is 2.18. The molecule has 1 rings (SSSR count). The molecule has 0 spiro atoms. The van der Waals surface area contributed by atoms with E-state index in [-0.39, 0.29) is 13.2 Å². The number of hydrogen-bond acceptors (Lipinski definition) is 5. The summed E-state index contributed by atoms with van der Waals surface area (Å²) in [5.41, 5.74) is 0. The number of rotatable bonds is 6. The van der Waals surface area contributed by atoms with Gasteiger partial charge < -0.3 is 10.2 Å². The van der Waals surface area contributed by atoms with Gasteiger partial charge >= 0.3 is 0 Å². The summed E-state index contributed by atoms with van der Waals surface area (Å²) < 4.78 is 0.521. The lowest BCUT2D eigenvalue weighted by Crippen LogP contribution is -2.28. The smallest absolute Gasteiger partial charge is 0.183 e. The Bertz CT molecular complexity index is 264. The number of hydrogen-bond donors (Lipinski definition) is 2. The van der Waals surface area contributed by atoms with Crippen LogP contribution in [-0.4, -0.2) is 46.4 Å². The van der Waals surface area contributed by atoms with Gasteiger partial charge in [0.15, 0.2) is 4.47 Å². The zero-order chi connectivity index (χ0) is 10.4. The summed E-state index contributed by atoms with van der Waals surface area (Å²) in [6, 6.07) is 0. The van der Waals surface area contributed by atoms with Crippen LogP contribution < -0.4 is 0 Å². The normalized spacial score (nSPS) is 11.1. The SMILES string of the molecule is OCCN(CCO)Cc1cnc(Cl)s1. The molecule has 0 aromatic carbocycles. The molecule has 80 valence electrons. The molecular formula is C8H13ClN2O2S. The van der Waals surface area contributed by atoms with Gasteiger partial charge in [0.1, 0.15) is 0 Å². The highest BCUT2D eigenvalue weighted by molar-refractivity contribution is 7.15. The molecule has 1 heterocycles. The fourth-order valence-electron chi connectivity index (χ4n) is 1.13. The van der Waals surface area contributed by atoms with Crippen LogP contribution in [0.1, 0.15) is 4.88 Å². The molecule has 0 bridgehead atoms. The monoisotopic (exact) mass is 236 g/mol. The van der Waals surface area contributed by atoms with Crippen molar-refractivity contribution in [2.75, 3.05) is 26.3 Å². The van der Waals surface area contributed by atoms with Gasteiger partial charge in [0.25, 0.3) is 0 Å². The Kier molecular flexibility index (Phi) is 5.36. The summed E-state index contributed by atoms with van der Waals surface area (Å²) in [7, 11) is 0. The molecule has 0 saturated heterocycles. The van der Waals surface area contributed by atoms with E-state index in [0.29, 0.717) is 24.1 Å². The quantitative estimate of drug-likeness (QED) is 0.759. The first-order chi connectivity index (χ1) is 6.76. The minimum atomic E-state index is 0.0898. The molecule has 6 heteroatoms. The lowest BCUT2D eigenvalue weighted by atomic mass is 10.4. The van der Waals surface area contributed by atoms with Gasteiger partial charge in [-0.2, -0.15) is 0 Å². The van der Waals surface area contributed by atoms with Crippen molar-refractivity contribution in [2.45, 2.75) is 6.54 Å². The third-order valence-corrected chi connectivity index (χ3v) is 2.84. The van der Waals surface area contributed by atoms with E-state index in [4.69, 9.17) is 21.8 Å². The second-order valence-electron chi connectivity index (χ2n) is 2.80. The van der Waals surface area contributed by atoms with Crippen LogP contribution in [0.15, 0.2) is 6.20 Å². The van der Waals surface area contributed by atoms with Gasteiger partial charge in [-0.25, -0.2) is 4.98 Å². The highest BCUT2D eigenvalue weighted by Gasteiger charge is 2.07. The fourth-order valence-corrected chi connectivity index (χ4v) is 2.15. The summed E-state index contributed by atoms with van der Waals surface area (Å²) in [6.45, 7) is 1.96. The van der Waals surface area contributed by atoms with Gasteiger partial charge in [-0.3, -0.25) is 4.90 Å². The minimum Gasteiger partial charge on any atom is -0.395 e. The zero-order valence-corrected chi connectivity index (χ0v) is 9.26. The maximum absolute atomic E-state index is 8.78. The van der Waals surface area contributed by atoms with Crippen molar-refractivity contribution in [3.8, 4) is 0 Å². The highest BCUT2D eigenvalue weighted by atomic mass is 35.5. The van der Waals surface area contributed by atoms with Crippen LogP contribution in [0.2, 0.25) is 4.47 Å². The summed E-state index contributed by atoms with van der Waals surface area (Å²) >= 11 is 7.11. The Morgan fingerprint density at radius 3 is 2.43 bits per heavy atom. The predicted octanol–water partition coefficient (Wildman–Crippen LogP) is 0.583. The maximum atomic E-state index is 8.78. The lowest BCUT2D eigenvalue weighted by Gasteiger charge is -2.18. The molecule has 0 radical (unpaired) electrons. The Hall–Kier alpha value is -0.200. The van der Waals surface area contributed by atoms with Crippen molar-refractivity contribution >= 4 is 22.9 Å². The first-order valence-electron chi connectivity index (χ1n) is 4.30. The van der Waals surface area contributed by atoms with Crippen molar-refractivity contribution in [3.63, 3.8) is 0 Å². The minimum absolute atomic E-state index is 0.0898. The topological polar surface area (TPSA) is 56.6 Å². The molecule has 0 aliphatic rings. The van der Waals surface area contributed by atoms with Crippen LogP contribution in [0.4, 0.5) is 0 Å². The van der Waals surface area contributed by atoms with Crippen LogP contribution in [0.5, 0.6) is 0 Å². The summed E-state index contributed by atoms with van der Waals surface area (Å²) in [5.74, 6) is 0. The third kappa shape index (κ3) is 3.89. The van der Waals surface area contributed by atoms with E-state index in [2.05, 4.69) is 4.98 Å². The Balaban J connectivity index is 2.46. The Morgan fingerprint density at radius 1 is 1.36 bits per heavy atom. The van der Waals surface area contributed by atoms with Crippen LogP contribution in [0.3, 0.4) is 0 Å². The van der Waals surface area contributed by atoms with Crippen LogP contribution in [0.25, 0.3) is 0 Å². The van der Waals surface area contributed by atoms with Crippen molar-refractivity contribution in [1.29, 1.82) is 0 Å². The van der Waals surface area contributed by atoms with E-state index >= 15 is 0 Å². The average molecular weight is 237 g/mol. The number of aromatic nitrogens is 1. The first kappa shape index (κ1) is 11.9. The summed E-state index contributed by atoms with van der Waals surface area (Å²) in [5, 5.41) is 17.6. The van der Waals surface area contributed by atoms with Gasteiger partial charge in [0.05, 0.1) is 13.2 Å². The summed E-state index contributed by atoms with van der Waals surface area (Å²) in [6.07, 6.45) is 1.72. The van der Waals surface area contributed by atoms with Gasteiger partial charge in [0.2, 0.25) is 0 Å². The van der Waals surface area contributed by atoms with E-state index in [1.54, 1.807) is 6.20 Å². The van der Waals surface area contributed by atoms with Gasteiger partial charge in [-0.1, -0.05) is 11.6 Å². The van der Waals surface area contributed by atoms with E-state index in [1.165, 1.54) is 11.3 Å². The molecule has 1 aromatic heterocycles. The second-order valence-corrected chi connectivity index (χ2v) is 4.50. The molecular weight excluding hydrogens is 224 g/mol. The van der Waals surface area contributed by atoms with Crippen molar-refractivity contribution in [2.24, 2.45) is 0 Å². The molecule has 2 N–H and O–H groups in total. The molecule has 0 amide bonds. The Morgan fingerprint density at radius 2 is 2.00 bits per heavy atom. The van der Waals surface area contributed by atoms with Crippen LogP contribution in [0, 0.1) is 0 Å². The maximum Gasteiger partial charge on any atom is 0.183 e. The van der Waals surface area contributed by atoms with E-state index in [0.717, 1.165) is 4.88 Å². The van der Waals surface area contributed by atoms with Crippen molar-refractivity contribution in [3.05, 3.63) is 15.5 Å². The molecule has 0 atom stereocenters. The molecule has 0 unspecified atom stereocenters. The zero-order valence-electron chi connectivity index (χ0n) is 7.69. The Labute approximate surface area is 91.8 Å². The number of halogens is 1. The molecule has 0 aliphatic carbocycles. The number of thiazole rings is 1.